The second kappa shape index (κ2) is 5.62. The molecule has 3 atom stereocenters. The molecule has 0 radical (unpaired) electrons. The van der Waals surface area contributed by atoms with Crippen molar-refractivity contribution in [1.82, 2.24) is 0 Å². The number of rotatable bonds is 5. The Balaban J connectivity index is 1.84. The molecule has 0 spiro atoms. The highest BCUT2D eigenvalue weighted by Crippen LogP contribution is 2.41. The Morgan fingerprint density at radius 1 is 1.16 bits per heavy atom. The molecule has 108 valence electrons. The molecule has 0 bridgehead atoms. The summed E-state index contributed by atoms with van der Waals surface area (Å²) >= 11 is 0. The van der Waals surface area contributed by atoms with Gasteiger partial charge in [0.1, 0.15) is 0 Å². The zero-order valence-corrected chi connectivity index (χ0v) is 12.8. The molecule has 2 fully saturated rings. The molecule has 1 aliphatic heterocycles. The highest BCUT2D eigenvalue weighted by molar-refractivity contribution is 6.69. The molecule has 1 heterocycles. The fourth-order valence-electron chi connectivity index (χ4n) is 2.95. The van der Waals surface area contributed by atoms with E-state index in [9.17, 15) is 9.59 Å². The van der Waals surface area contributed by atoms with Gasteiger partial charge in [-0.1, -0.05) is 0 Å². The van der Waals surface area contributed by atoms with Crippen LogP contribution in [0.25, 0.3) is 0 Å². The highest BCUT2D eigenvalue weighted by Gasteiger charge is 2.45. The van der Waals surface area contributed by atoms with Crippen LogP contribution in [0.2, 0.25) is 12.6 Å². The Morgan fingerprint density at radius 3 is 2.32 bits per heavy atom. The third-order valence-corrected chi connectivity index (χ3v) is 6.47. The fourth-order valence-corrected chi connectivity index (χ4v) is 5.34. The third-order valence-electron chi connectivity index (χ3n) is 3.84. The number of carbonyl (C=O) groups is 2. The molecule has 6 heteroatoms. The Morgan fingerprint density at radius 2 is 1.79 bits per heavy atom. The molecule has 0 N–H and O–H groups in total. The normalized spacial score (nSPS) is 29.3. The molecule has 5 nitrogen and oxygen atoms in total. The lowest BCUT2D eigenvalue weighted by Crippen LogP contribution is -2.42. The summed E-state index contributed by atoms with van der Waals surface area (Å²) in [6.07, 6.45) is 5.28. The summed E-state index contributed by atoms with van der Waals surface area (Å²) in [5.74, 6) is -0.143. The smallest absolute Gasteiger partial charge is 0.461 e. The van der Waals surface area contributed by atoms with Crippen molar-refractivity contribution in [3.8, 4) is 0 Å². The molecular weight excluding hydrogens is 264 g/mol. The summed E-state index contributed by atoms with van der Waals surface area (Å²) in [4.78, 5) is 22.3. The summed E-state index contributed by atoms with van der Waals surface area (Å²) in [6.45, 7) is 4.50. The topological polar surface area (TPSA) is 65.1 Å². The van der Waals surface area contributed by atoms with E-state index in [1.807, 2.05) is 0 Å². The average molecular weight is 286 g/mol. The Hall–Kier alpha value is -0.883. The van der Waals surface area contributed by atoms with Crippen LogP contribution < -0.4 is 0 Å². The van der Waals surface area contributed by atoms with Gasteiger partial charge < -0.3 is 13.6 Å². The largest absolute Gasteiger partial charge is 0.485 e. The molecule has 1 saturated heterocycles. The number of hydrogen-bond acceptors (Lipinski definition) is 5. The van der Waals surface area contributed by atoms with Crippen molar-refractivity contribution in [3.05, 3.63) is 0 Å². The van der Waals surface area contributed by atoms with Crippen molar-refractivity contribution in [2.75, 3.05) is 0 Å². The van der Waals surface area contributed by atoms with E-state index in [-0.39, 0.29) is 11.9 Å². The van der Waals surface area contributed by atoms with Crippen LogP contribution >= 0.6 is 0 Å². The van der Waals surface area contributed by atoms with Gasteiger partial charge in [0, 0.05) is 26.4 Å². The maximum atomic E-state index is 11.2. The summed E-state index contributed by atoms with van der Waals surface area (Å²) in [5.41, 5.74) is 0. The fraction of sp³-hybridized carbons (Fsp3) is 0.846. The van der Waals surface area contributed by atoms with Crippen molar-refractivity contribution < 1.29 is 23.2 Å². The van der Waals surface area contributed by atoms with Crippen molar-refractivity contribution in [1.29, 1.82) is 0 Å². The molecule has 0 aromatic carbocycles. The van der Waals surface area contributed by atoms with Crippen LogP contribution in [0, 0.1) is 5.92 Å². The quantitative estimate of drug-likeness (QED) is 0.572. The van der Waals surface area contributed by atoms with Gasteiger partial charge in [-0.3, -0.25) is 9.59 Å². The van der Waals surface area contributed by atoms with E-state index >= 15 is 0 Å². The number of carbonyl (C=O) groups excluding carboxylic acids is 2. The Labute approximate surface area is 114 Å². The number of epoxide rings is 1. The second-order valence-electron chi connectivity index (χ2n) is 5.75. The lowest BCUT2D eigenvalue weighted by molar-refractivity contribution is -0.138. The maximum absolute atomic E-state index is 11.2. The highest BCUT2D eigenvalue weighted by atomic mass is 28.4. The van der Waals surface area contributed by atoms with Gasteiger partial charge in [0.25, 0.3) is 11.9 Å². The van der Waals surface area contributed by atoms with Crippen LogP contribution in [0.5, 0.6) is 0 Å². The molecule has 0 aromatic rings. The summed E-state index contributed by atoms with van der Waals surface area (Å²) in [6, 6.07) is 0.675. The van der Waals surface area contributed by atoms with Crippen LogP contribution in [-0.4, -0.2) is 32.7 Å². The van der Waals surface area contributed by atoms with Crippen LogP contribution in [0.4, 0.5) is 0 Å². The van der Waals surface area contributed by atoms with E-state index < -0.39 is 8.56 Å². The number of hydrogen-bond donors (Lipinski definition) is 0. The number of fused-ring (bicyclic) bond motifs is 1. The van der Waals surface area contributed by atoms with Gasteiger partial charge in [0.15, 0.2) is 0 Å². The Bertz CT molecular complexity index is 354. The maximum Gasteiger partial charge on any atom is 0.461 e. The molecule has 19 heavy (non-hydrogen) atoms. The minimum absolute atomic E-state index is 0.371. The predicted octanol–water partition coefficient (Wildman–Crippen LogP) is 2.14. The second-order valence-corrected chi connectivity index (χ2v) is 8.93. The zero-order valence-electron chi connectivity index (χ0n) is 11.8. The van der Waals surface area contributed by atoms with Crippen LogP contribution in [0.1, 0.15) is 39.5 Å². The molecule has 1 saturated carbocycles. The van der Waals surface area contributed by atoms with Gasteiger partial charge >= 0.3 is 8.56 Å². The third kappa shape index (κ3) is 4.31. The standard InChI is InChI=1S/C13H22O5Si/c1-9(14)17-19(3,18-10(2)15)7-6-11-4-5-12-13(8-11)16-12/h11-13H,4-8H2,1-3H3. The monoisotopic (exact) mass is 286 g/mol. The van der Waals surface area contributed by atoms with E-state index in [0.29, 0.717) is 24.2 Å². The van der Waals surface area contributed by atoms with E-state index in [4.69, 9.17) is 13.6 Å². The van der Waals surface area contributed by atoms with Crippen LogP contribution in [-0.2, 0) is 23.2 Å². The molecule has 3 unspecified atom stereocenters. The first kappa shape index (κ1) is 14.5. The average Bonchev–Trinajstić information content (AvgIpc) is 3.02. The zero-order chi connectivity index (χ0) is 14.0. The van der Waals surface area contributed by atoms with Crippen LogP contribution in [0.3, 0.4) is 0 Å². The molecule has 1 aliphatic carbocycles. The lowest BCUT2D eigenvalue weighted by Gasteiger charge is -2.27. The molecular formula is C13H22O5Si. The van der Waals surface area contributed by atoms with Crippen molar-refractivity contribution in [2.24, 2.45) is 5.92 Å². The van der Waals surface area contributed by atoms with Gasteiger partial charge in [-0.25, -0.2) is 0 Å². The van der Waals surface area contributed by atoms with E-state index in [1.165, 1.54) is 13.8 Å². The van der Waals surface area contributed by atoms with Crippen LogP contribution in [0.15, 0.2) is 0 Å². The number of ether oxygens (including phenoxy) is 1. The molecule has 0 aromatic heterocycles. The van der Waals surface area contributed by atoms with E-state index in [2.05, 4.69) is 0 Å². The van der Waals surface area contributed by atoms with Gasteiger partial charge in [0.05, 0.1) is 12.2 Å². The van der Waals surface area contributed by atoms with Crippen molar-refractivity contribution >= 4 is 20.5 Å². The first-order chi connectivity index (χ1) is 8.88. The van der Waals surface area contributed by atoms with Gasteiger partial charge in [-0.15, -0.1) is 0 Å². The molecule has 0 amide bonds. The van der Waals surface area contributed by atoms with E-state index in [1.54, 1.807) is 6.55 Å². The first-order valence-corrected chi connectivity index (χ1v) is 9.45. The molecule has 2 rings (SSSR count). The van der Waals surface area contributed by atoms with Gasteiger partial charge in [0.2, 0.25) is 0 Å². The summed E-state index contributed by atoms with van der Waals surface area (Å²) in [7, 11) is -2.71. The first-order valence-electron chi connectivity index (χ1n) is 6.92. The van der Waals surface area contributed by atoms with Crippen molar-refractivity contribution in [3.63, 3.8) is 0 Å². The van der Waals surface area contributed by atoms with Gasteiger partial charge in [-0.2, -0.15) is 0 Å². The SMILES string of the molecule is CC(=O)O[Si](C)(CCC1CCC2OC2C1)OC(C)=O. The summed E-state index contributed by atoms with van der Waals surface area (Å²) < 4.78 is 16.1. The summed E-state index contributed by atoms with van der Waals surface area (Å²) in [5, 5.41) is 0. The van der Waals surface area contributed by atoms with E-state index in [0.717, 1.165) is 25.7 Å². The van der Waals surface area contributed by atoms with Gasteiger partial charge in [-0.05, 0) is 31.6 Å². The molecule has 2 aliphatic rings. The lowest BCUT2D eigenvalue weighted by atomic mass is 9.88. The minimum Gasteiger partial charge on any atom is -0.485 e. The minimum atomic E-state index is -2.71. The van der Waals surface area contributed by atoms with Crippen molar-refractivity contribution in [2.45, 2.75) is 64.3 Å². The predicted molar refractivity (Wildman–Crippen MR) is 70.6 cm³/mol. The Kier molecular flexibility index (Phi) is 4.30.